The molecule has 174 valence electrons. The maximum Gasteiger partial charge on any atom is 0.422 e. The highest BCUT2D eigenvalue weighted by Crippen LogP contribution is 2.22. The summed E-state index contributed by atoms with van der Waals surface area (Å²) in [6, 6.07) is 16.8. The van der Waals surface area contributed by atoms with E-state index in [0.717, 1.165) is 4.31 Å². The van der Waals surface area contributed by atoms with Crippen LogP contribution >= 0.6 is 0 Å². The van der Waals surface area contributed by atoms with Gasteiger partial charge in [0.05, 0.1) is 10.6 Å². The van der Waals surface area contributed by atoms with E-state index in [9.17, 15) is 26.4 Å². The van der Waals surface area contributed by atoms with Crippen molar-refractivity contribution in [3.05, 3.63) is 84.1 Å². The van der Waals surface area contributed by atoms with Gasteiger partial charge in [-0.1, -0.05) is 24.3 Å². The molecule has 0 unspecified atom stereocenters. The van der Waals surface area contributed by atoms with Crippen LogP contribution in [0.15, 0.2) is 77.8 Å². The van der Waals surface area contributed by atoms with Crippen LogP contribution in [0.4, 0.5) is 18.9 Å². The van der Waals surface area contributed by atoms with Crippen LogP contribution < -0.4 is 14.4 Å². The minimum atomic E-state index is -4.49. The summed E-state index contributed by atoms with van der Waals surface area (Å²) in [5.74, 6) is -0.778. The van der Waals surface area contributed by atoms with Crippen LogP contribution in [0.3, 0.4) is 0 Å². The second kappa shape index (κ2) is 9.90. The number of alkyl halides is 3. The van der Waals surface area contributed by atoms with Crippen molar-refractivity contribution >= 4 is 21.6 Å². The number of sulfonamides is 1. The van der Waals surface area contributed by atoms with E-state index in [1.54, 1.807) is 30.3 Å². The number of hydrogen-bond acceptors (Lipinski definition) is 5. The number of halogens is 3. The molecule has 1 amide bonds. The molecule has 33 heavy (non-hydrogen) atoms. The number of carbonyl (C=O) groups excluding carboxylic acids is 1. The molecule has 0 aliphatic heterocycles. The minimum absolute atomic E-state index is 0.0232. The SMILES string of the molecule is CN(c1ccccc1)S(=O)(=O)c1cccc(C(=O)NCc2ccnc(OCC(F)(F)F)c2)c1. The fourth-order valence-electron chi connectivity index (χ4n) is 2.81. The molecule has 11 heteroatoms. The number of anilines is 1. The fraction of sp³-hybridized carbons (Fsp3) is 0.182. The van der Waals surface area contributed by atoms with Crippen LogP contribution in [0, 0.1) is 0 Å². The molecular formula is C22H20F3N3O4S. The van der Waals surface area contributed by atoms with E-state index in [1.807, 2.05) is 0 Å². The summed E-state index contributed by atoms with van der Waals surface area (Å²) in [6.45, 7) is -1.50. The Morgan fingerprint density at radius 3 is 2.48 bits per heavy atom. The molecule has 0 aliphatic rings. The Morgan fingerprint density at radius 2 is 1.79 bits per heavy atom. The predicted octanol–water partition coefficient (Wildman–Crippen LogP) is 3.78. The van der Waals surface area contributed by atoms with Crippen molar-refractivity contribution in [2.24, 2.45) is 0 Å². The van der Waals surface area contributed by atoms with Gasteiger partial charge in [-0.05, 0) is 42.0 Å². The summed E-state index contributed by atoms with van der Waals surface area (Å²) in [5, 5.41) is 2.60. The van der Waals surface area contributed by atoms with Crippen LogP contribution in [0.2, 0.25) is 0 Å². The second-order valence-electron chi connectivity index (χ2n) is 6.92. The van der Waals surface area contributed by atoms with Crippen molar-refractivity contribution in [1.82, 2.24) is 10.3 Å². The highest BCUT2D eigenvalue weighted by Gasteiger charge is 2.28. The topological polar surface area (TPSA) is 88.6 Å². The summed E-state index contributed by atoms with van der Waals surface area (Å²) in [4.78, 5) is 16.2. The van der Waals surface area contributed by atoms with Crippen LogP contribution in [0.1, 0.15) is 15.9 Å². The van der Waals surface area contributed by atoms with E-state index < -0.39 is 28.7 Å². The molecule has 1 aromatic heterocycles. The van der Waals surface area contributed by atoms with Crippen molar-refractivity contribution < 1.29 is 31.1 Å². The predicted molar refractivity (Wildman–Crippen MR) is 115 cm³/mol. The Labute approximate surface area is 188 Å². The Morgan fingerprint density at radius 1 is 1.06 bits per heavy atom. The molecule has 0 fully saturated rings. The highest BCUT2D eigenvalue weighted by molar-refractivity contribution is 7.92. The van der Waals surface area contributed by atoms with Gasteiger partial charge >= 0.3 is 6.18 Å². The summed E-state index contributed by atoms with van der Waals surface area (Å²) in [7, 11) is -2.49. The maximum atomic E-state index is 12.9. The number of ether oxygens (including phenoxy) is 1. The van der Waals surface area contributed by atoms with Gasteiger partial charge in [0.2, 0.25) is 5.88 Å². The fourth-order valence-corrected chi connectivity index (χ4v) is 4.05. The van der Waals surface area contributed by atoms with Gasteiger partial charge in [0.1, 0.15) is 0 Å². The lowest BCUT2D eigenvalue weighted by Crippen LogP contribution is -2.27. The third kappa shape index (κ3) is 6.45. The Balaban J connectivity index is 1.69. The molecule has 0 spiro atoms. The second-order valence-corrected chi connectivity index (χ2v) is 8.89. The lowest BCUT2D eigenvalue weighted by Gasteiger charge is -2.19. The van der Waals surface area contributed by atoms with Crippen LogP contribution in [-0.4, -0.2) is 39.1 Å². The molecule has 0 atom stereocenters. The van der Waals surface area contributed by atoms with E-state index in [0.29, 0.717) is 11.3 Å². The zero-order valence-electron chi connectivity index (χ0n) is 17.4. The van der Waals surface area contributed by atoms with Crippen molar-refractivity contribution in [1.29, 1.82) is 0 Å². The average Bonchev–Trinajstić information content (AvgIpc) is 2.81. The van der Waals surface area contributed by atoms with Gasteiger partial charge < -0.3 is 10.1 Å². The van der Waals surface area contributed by atoms with Gasteiger partial charge in [-0.15, -0.1) is 0 Å². The van der Waals surface area contributed by atoms with E-state index in [1.165, 1.54) is 49.6 Å². The number of benzene rings is 2. The van der Waals surface area contributed by atoms with Crippen LogP contribution in [0.25, 0.3) is 0 Å². The van der Waals surface area contributed by atoms with E-state index in [2.05, 4.69) is 15.0 Å². The molecule has 0 aliphatic carbocycles. The Bertz CT molecular complexity index is 1220. The molecule has 0 saturated heterocycles. The molecule has 7 nitrogen and oxygen atoms in total. The molecule has 3 aromatic rings. The number of aromatic nitrogens is 1. The van der Waals surface area contributed by atoms with Gasteiger partial charge in [0, 0.05) is 31.4 Å². The van der Waals surface area contributed by atoms with Crippen molar-refractivity contribution in [2.45, 2.75) is 17.6 Å². The first-order valence-corrected chi connectivity index (χ1v) is 11.1. The van der Waals surface area contributed by atoms with Crippen LogP contribution in [-0.2, 0) is 16.6 Å². The number of hydrogen-bond donors (Lipinski definition) is 1. The number of pyridine rings is 1. The molecule has 0 bridgehead atoms. The van der Waals surface area contributed by atoms with Gasteiger partial charge in [-0.25, -0.2) is 13.4 Å². The number of nitrogens with one attached hydrogen (secondary N) is 1. The third-order valence-electron chi connectivity index (χ3n) is 4.51. The first-order chi connectivity index (χ1) is 15.6. The number of rotatable bonds is 8. The standard InChI is InChI=1S/C22H20F3N3O4S/c1-28(18-7-3-2-4-8-18)33(30,31)19-9-5-6-17(13-19)21(29)27-14-16-10-11-26-20(12-16)32-15-22(23,24)25/h2-13H,14-15H2,1H3,(H,27,29). The zero-order valence-corrected chi connectivity index (χ0v) is 18.2. The molecular weight excluding hydrogens is 459 g/mol. The average molecular weight is 479 g/mol. The number of nitrogens with zero attached hydrogens (tertiary/aromatic N) is 2. The lowest BCUT2D eigenvalue weighted by molar-refractivity contribution is -0.154. The number of carbonyl (C=O) groups is 1. The van der Waals surface area contributed by atoms with Gasteiger partial charge in [0.25, 0.3) is 15.9 Å². The highest BCUT2D eigenvalue weighted by atomic mass is 32.2. The van der Waals surface area contributed by atoms with Crippen molar-refractivity contribution in [3.63, 3.8) is 0 Å². The summed E-state index contributed by atoms with van der Waals surface area (Å²) in [6.07, 6.45) is -3.23. The Hall–Kier alpha value is -3.60. The van der Waals surface area contributed by atoms with Crippen molar-refractivity contribution in [3.8, 4) is 5.88 Å². The van der Waals surface area contributed by atoms with E-state index in [4.69, 9.17) is 0 Å². The first-order valence-electron chi connectivity index (χ1n) is 9.63. The third-order valence-corrected chi connectivity index (χ3v) is 6.29. The largest absolute Gasteiger partial charge is 0.468 e. The molecule has 0 radical (unpaired) electrons. The van der Waals surface area contributed by atoms with Gasteiger partial charge in [-0.3, -0.25) is 9.10 Å². The molecule has 3 rings (SSSR count). The number of para-hydroxylation sites is 1. The molecule has 1 N–H and O–H groups in total. The van der Waals surface area contributed by atoms with Gasteiger partial charge in [0.15, 0.2) is 6.61 Å². The van der Waals surface area contributed by atoms with E-state index >= 15 is 0 Å². The molecule has 0 saturated carbocycles. The molecule has 2 aromatic carbocycles. The zero-order chi connectivity index (χ0) is 24.1. The quantitative estimate of drug-likeness (QED) is 0.531. The van der Waals surface area contributed by atoms with Gasteiger partial charge in [-0.2, -0.15) is 13.2 Å². The lowest BCUT2D eigenvalue weighted by atomic mass is 10.2. The maximum absolute atomic E-state index is 12.9. The minimum Gasteiger partial charge on any atom is -0.468 e. The smallest absolute Gasteiger partial charge is 0.422 e. The first kappa shape index (κ1) is 24.1. The monoisotopic (exact) mass is 479 g/mol. The number of amides is 1. The van der Waals surface area contributed by atoms with Crippen LogP contribution in [0.5, 0.6) is 5.88 Å². The summed E-state index contributed by atoms with van der Waals surface area (Å²) < 4.78 is 68.5. The summed E-state index contributed by atoms with van der Waals surface area (Å²) >= 11 is 0. The molecule has 1 heterocycles. The van der Waals surface area contributed by atoms with E-state index in [-0.39, 0.29) is 22.9 Å². The van der Waals surface area contributed by atoms with Crippen molar-refractivity contribution in [2.75, 3.05) is 18.0 Å². The summed E-state index contributed by atoms with van der Waals surface area (Å²) in [5.41, 5.74) is 1.04. The normalized spacial score (nSPS) is 11.6. The Kier molecular flexibility index (Phi) is 7.22.